The van der Waals surface area contributed by atoms with Crippen LogP contribution in [-0.2, 0) is 6.61 Å². The summed E-state index contributed by atoms with van der Waals surface area (Å²) in [5, 5.41) is 37.7. The number of carboxylic acid groups (broad SMARTS) is 1. The van der Waals surface area contributed by atoms with Gasteiger partial charge in [-0.25, -0.2) is 9.48 Å². The highest BCUT2D eigenvalue weighted by Crippen LogP contribution is 2.30. The summed E-state index contributed by atoms with van der Waals surface area (Å²) in [5.74, 6) is -1.44. The third-order valence-electron chi connectivity index (χ3n) is 3.51. The molecule has 0 saturated heterocycles. The van der Waals surface area contributed by atoms with Crippen molar-refractivity contribution in [3.63, 3.8) is 0 Å². The van der Waals surface area contributed by atoms with Gasteiger partial charge in [-0.05, 0) is 24.3 Å². The average molecular weight is 391 g/mol. The molecule has 2 aromatic carbocycles. The van der Waals surface area contributed by atoms with E-state index in [0.717, 1.165) is 6.07 Å². The Morgan fingerprint density at radius 1 is 1.30 bits per heavy atom. The molecule has 10 nitrogen and oxygen atoms in total. The SMILES string of the molecule is O=C(O)c1cc(Cl)cc(-n2cc(COc3ccc([N+](=O)[O-])cc3)nn2)c1O. The van der Waals surface area contributed by atoms with Gasteiger partial charge < -0.3 is 14.9 Å². The Bertz CT molecular complexity index is 1020. The Balaban J connectivity index is 1.77. The topological polar surface area (TPSA) is 141 Å². The summed E-state index contributed by atoms with van der Waals surface area (Å²) in [6.45, 7) is 0.00489. The molecule has 2 N–H and O–H groups in total. The largest absolute Gasteiger partial charge is 0.505 e. The van der Waals surface area contributed by atoms with Crippen molar-refractivity contribution in [3.05, 3.63) is 69.0 Å². The molecule has 0 fully saturated rings. The van der Waals surface area contributed by atoms with E-state index in [1.54, 1.807) is 0 Å². The third-order valence-corrected chi connectivity index (χ3v) is 3.73. The Hall–Kier alpha value is -3.66. The Morgan fingerprint density at radius 2 is 2.00 bits per heavy atom. The number of rotatable bonds is 6. The van der Waals surface area contributed by atoms with Crippen LogP contribution in [0.15, 0.2) is 42.6 Å². The zero-order chi connectivity index (χ0) is 19.6. The fourth-order valence-corrected chi connectivity index (χ4v) is 2.44. The molecule has 1 heterocycles. The van der Waals surface area contributed by atoms with E-state index in [0.29, 0.717) is 11.4 Å². The number of aromatic hydroxyl groups is 1. The molecular formula is C16H11ClN4O6. The van der Waals surface area contributed by atoms with Gasteiger partial charge in [0.15, 0.2) is 5.75 Å². The molecule has 0 saturated carbocycles. The maximum absolute atomic E-state index is 11.2. The highest BCUT2D eigenvalue weighted by Gasteiger charge is 2.17. The van der Waals surface area contributed by atoms with Crippen molar-refractivity contribution in [2.24, 2.45) is 0 Å². The molecule has 0 aliphatic heterocycles. The zero-order valence-electron chi connectivity index (χ0n) is 13.4. The van der Waals surface area contributed by atoms with Crippen LogP contribution in [0, 0.1) is 10.1 Å². The van der Waals surface area contributed by atoms with Crippen LogP contribution in [0.1, 0.15) is 16.1 Å². The number of carboxylic acids is 1. The van der Waals surface area contributed by atoms with Crippen molar-refractivity contribution in [3.8, 4) is 17.2 Å². The number of hydrogen-bond donors (Lipinski definition) is 2. The van der Waals surface area contributed by atoms with Gasteiger partial charge in [0.2, 0.25) is 0 Å². The number of aromatic carboxylic acids is 1. The molecule has 0 atom stereocenters. The van der Waals surface area contributed by atoms with Crippen LogP contribution >= 0.6 is 11.6 Å². The lowest BCUT2D eigenvalue weighted by molar-refractivity contribution is -0.384. The first-order valence-electron chi connectivity index (χ1n) is 7.40. The number of carbonyl (C=O) groups is 1. The van der Waals surface area contributed by atoms with Gasteiger partial charge >= 0.3 is 5.97 Å². The van der Waals surface area contributed by atoms with Gasteiger partial charge in [-0.2, -0.15) is 0 Å². The van der Waals surface area contributed by atoms with Crippen LogP contribution in [-0.4, -0.2) is 36.1 Å². The number of halogens is 1. The van der Waals surface area contributed by atoms with E-state index >= 15 is 0 Å². The number of benzene rings is 2. The lowest BCUT2D eigenvalue weighted by atomic mass is 10.1. The second kappa shape index (κ2) is 7.30. The molecule has 138 valence electrons. The first kappa shape index (κ1) is 18.1. The summed E-state index contributed by atoms with van der Waals surface area (Å²) in [6.07, 6.45) is 1.43. The monoisotopic (exact) mass is 390 g/mol. The third kappa shape index (κ3) is 3.96. The number of nitro groups is 1. The number of phenols is 1. The fourth-order valence-electron chi connectivity index (χ4n) is 2.23. The van der Waals surface area contributed by atoms with E-state index in [1.807, 2.05) is 0 Å². The highest BCUT2D eigenvalue weighted by atomic mass is 35.5. The van der Waals surface area contributed by atoms with Crippen LogP contribution in [0.2, 0.25) is 5.02 Å². The summed E-state index contributed by atoms with van der Waals surface area (Å²) in [7, 11) is 0. The minimum absolute atomic E-state index is 0.00489. The first-order valence-corrected chi connectivity index (χ1v) is 7.77. The summed E-state index contributed by atoms with van der Waals surface area (Å²) in [4.78, 5) is 21.3. The molecule has 0 spiro atoms. The smallest absolute Gasteiger partial charge is 0.339 e. The summed E-state index contributed by atoms with van der Waals surface area (Å²) in [6, 6.07) is 7.99. The minimum Gasteiger partial charge on any atom is -0.505 e. The van der Waals surface area contributed by atoms with Gasteiger partial charge in [-0.1, -0.05) is 16.8 Å². The van der Waals surface area contributed by atoms with E-state index in [4.69, 9.17) is 21.4 Å². The fraction of sp³-hybridized carbons (Fsp3) is 0.0625. The van der Waals surface area contributed by atoms with Crippen molar-refractivity contribution in [2.75, 3.05) is 0 Å². The molecule has 1 aromatic heterocycles. The Kier molecular flexibility index (Phi) is 4.90. The van der Waals surface area contributed by atoms with E-state index in [2.05, 4.69) is 10.3 Å². The van der Waals surface area contributed by atoms with Gasteiger partial charge in [-0.3, -0.25) is 10.1 Å². The number of non-ortho nitro benzene ring substituents is 1. The van der Waals surface area contributed by atoms with E-state index in [9.17, 15) is 20.0 Å². The molecular weight excluding hydrogens is 380 g/mol. The summed E-state index contributed by atoms with van der Waals surface area (Å²) in [5.41, 5.74) is 0.00855. The number of nitrogens with zero attached hydrogens (tertiary/aromatic N) is 4. The van der Waals surface area contributed by atoms with Crippen LogP contribution < -0.4 is 4.74 Å². The molecule has 0 aliphatic carbocycles. The predicted octanol–water partition coefficient (Wildman–Crippen LogP) is 2.81. The number of hydrogen-bond acceptors (Lipinski definition) is 7. The van der Waals surface area contributed by atoms with Crippen LogP contribution in [0.4, 0.5) is 5.69 Å². The van der Waals surface area contributed by atoms with Crippen LogP contribution in [0.25, 0.3) is 5.69 Å². The van der Waals surface area contributed by atoms with Crippen molar-refractivity contribution in [1.82, 2.24) is 15.0 Å². The Labute approximate surface area is 156 Å². The second-order valence-corrected chi connectivity index (χ2v) is 5.76. The van der Waals surface area contributed by atoms with E-state index in [1.165, 1.54) is 41.2 Å². The molecule has 27 heavy (non-hydrogen) atoms. The molecule has 3 aromatic rings. The van der Waals surface area contributed by atoms with Gasteiger partial charge in [0.1, 0.15) is 29.3 Å². The molecule has 0 amide bonds. The second-order valence-electron chi connectivity index (χ2n) is 5.32. The quantitative estimate of drug-likeness (QED) is 0.483. The van der Waals surface area contributed by atoms with E-state index in [-0.39, 0.29) is 28.6 Å². The molecule has 0 unspecified atom stereocenters. The van der Waals surface area contributed by atoms with Crippen molar-refractivity contribution in [1.29, 1.82) is 0 Å². The standard InChI is InChI=1S/C16H11ClN4O6/c17-9-5-13(16(23)24)15(22)14(6-9)20-7-10(18-19-20)8-27-12-3-1-11(2-4-12)21(25)26/h1-7,22H,8H2,(H,23,24). The summed E-state index contributed by atoms with van der Waals surface area (Å²) < 4.78 is 6.64. The molecule has 0 aliphatic rings. The maximum atomic E-state index is 11.2. The predicted molar refractivity (Wildman–Crippen MR) is 92.4 cm³/mol. The lowest BCUT2D eigenvalue weighted by Crippen LogP contribution is -2.02. The van der Waals surface area contributed by atoms with Crippen molar-refractivity contribution >= 4 is 23.3 Å². The number of nitro benzene ring substituents is 1. The zero-order valence-corrected chi connectivity index (χ0v) is 14.2. The molecule has 11 heteroatoms. The average Bonchev–Trinajstić information content (AvgIpc) is 3.10. The Morgan fingerprint density at radius 3 is 2.63 bits per heavy atom. The number of aromatic nitrogens is 3. The summed E-state index contributed by atoms with van der Waals surface area (Å²) >= 11 is 5.89. The van der Waals surface area contributed by atoms with E-state index < -0.39 is 16.6 Å². The highest BCUT2D eigenvalue weighted by molar-refractivity contribution is 6.31. The maximum Gasteiger partial charge on any atom is 0.339 e. The lowest BCUT2D eigenvalue weighted by Gasteiger charge is -2.07. The first-order chi connectivity index (χ1) is 12.8. The van der Waals surface area contributed by atoms with Gasteiger partial charge in [0.05, 0.1) is 11.1 Å². The minimum atomic E-state index is -1.34. The molecule has 0 radical (unpaired) electrons. The number of ether oxygens (including phenoxy) is 1. The molecule has 0 bridgehead atoms. The van der Waals surface area contributed by atoms with Crippen molar-refractivity contribution in [2.45, 2.75) is 6.61 Å². The molecule has 3 rings (SSSR count). The van der Waals surface area contributed by atoms with Crippen LogP contribution in [0.5, 0.6) is 11.5 Å². The van der Waals surface area contributed by atoms with Gasteiger partial charge in [-0.15, -0.1) is 5.10 Å². The van der Waals surface area contributed by atoms with Gasteiger partial charge in [0.25, 0.3) is 5.69 Å². The van der Waals surface area contributed by atoms with Crippen molar-refractivity contribution < 1.29 is 24.7 Å². The van der Waals surface area contributed by atoms with Crippen LogP contribution in [0.3, 0.4) is 0 Å². The normalized spacial score (nSPS) is 10.6. The van der Waals surface area contributed by atoms with Gasteiger partial charge in [0, 0.05) is 17.2 Å².